The second-order valence-electron chi connectivity index (χ2n) is 4.74. The Balaban J connectivity index is 3.87. The average Bonchev–Trinajstić information content (AvgIpc) is 1.99. The van der Waals surface area contributed by atoms with Gasteiger partial charge in [0, 0.05) is 12.3 Å². The van der Waals surface area contributed by atoms with Gasteiger partial charge in [0.2, 0.25) is 0 Å². The Morgan fingerprint density at radius 2 is 1.87 bits per heavy atom. The van der Waals surface area contributed by atoms with Crippen LogP contribution in [-0.4, -0.2) is 43.7 Å². The maximum absolute atomic E-state index is 10.9. The molecule has 0 aliphatic rings. The molecule has 0 aromatic heterocycles. The largest absolute Gasteiger partial charge is 0.390 e. The highest BCUT2D eigenvalue weighted by atomic mass is 32.2. The summed E-state index contributed by atoms with van der Waals surface area (Å²) in [6.45, 7) is 6.45. The summed E-state index contributed by atoms with van der Waals surface area (Å²) in [6, 6.07) is 0.385. The van der Waals surface area contributed by atoms with Gasteiger partial charge < -0.3 is 10.4 Å². The normalized spacial score (nSPS) is 16.7. The minimum atomic E-state index is -2.98. The van der Waals surface area contributed by atoms with E-state index >= 15 is 0 Å². The van der Waals surface area contributed by atoms with Gasteiger partial charge in [0.05, 0.1) is 11.4 Å². The van der Waals surface area contributed by atoms with Crippen LogP contribution in [0.15, 0.2) is 0 Å². The van der Waals surface area contributed by atoms with E-state index in [1.807, 2.05) is 13.8 Å². The van der Waals surface area contributed by atoms with Crippen LogP contribution < -0.4 is 5.32 Å². The van der Waals surface area contributed by atoms with Gasteiger partial charge in [0.25, 0.3) is 0 Å². The topological polar surface area (TPSA) is 66.4 Å². The van der Waals surface area contributed by atoms with E-state index in [9.17, 15) is 13.5 Å². The SMILES string of the molecule is CC(C)NCCC(C)(O)CCS(C)(=O)=O. The molecule has 0 fully saturated rings. The van der Waals surface area contributed by atoms with Gasteiger partial charge in [-0.3, -0.25) is 0 Å². The number of hydrogen-bond acceptors (Lipinski definition) is 4. The summed E-state index contributed by atoms with van der Waals surface area (Å²) in [7, 11) is -2.98. The second kappa shape index (κ2) is 5.82. The van der Waals surface area contributed by atoms with Crippen molar-refractivity contribution in [3.05, 3.63) is 0 Å². The molecule has 0 aromatic carbocycles. The Kier molecular flexibility index (Phi) is 5.77. The third kappa shape index (κ3) is 10.2. The van der Waals surface area contributed by atoms with Crippen molar-refractivity contribution in [2.24, 2.45) is 0 Å². The van der Waals surface area contributed by atoms with E-state index in [2.05, 4.69) is 5.32 Å². The van der Waals surface area contributed by atoms with E-state index in [0.717, 1.165) is 0 Å². The highest BCUT2D eigenvalue weighted by molar-refractivity contribution is 7.90. The van der Waals surface area contributed by atoms with Crippen molar-refractivity contribution in [3.8, 4) is 0 Å². The monoisotopic (exact) mass is 237 g/mol. The fraction of sp³-hybridized carbons (Fsp3) is 1.00. The molecule has 0 saturated carbocycles. The number of aliphatic hydroxyl groups is 1. The zero-order valence-electron chi connectivity index (χ0n) is 10.1. The molecule has 0 saturated heterocycles. The van der Waals surface area contributed by atoms with E-state index in [1.54, 1.807) is 6.92 Å². The molecule has 92 valence electrons. The third-order valence-corrected chi connectivity index (χ3v) is 3.17. The van der Waals surface area contributed by atoms with Crippen LogP contribution in [0, 0.1) is 0 Å². The lowest BCUT2D eigenvalue weighted by Crippen LogP contribution is -2.34. The molecule has 0 bridgehead atoms. The number of rotatable bonds is 7. The van der Waals surface area contributed by atoms with E-state index in [-0.39, 0.29) is 5.75 Å². The van der Waals surface area contributed by atoms with Gasteiger partial charge in [0.15, 0.2) is 0 Å². The lowest BCUT2D eigenvalue weighted by molar-refractivity contribution is 0.0476. The molecule has 0 heterocycles. The Labute approximate surface area is 93.0 Å². The third-order valence-electron chi connectivity index (χ3n) is 2.23. The lowest BCUT2D eigenvalue weighted by Gasteiger charge is -2.23. The van der Waals surface area contributed by atoms with Crippen molar-refractivity contribution in [2.75, 3.05) is 18.6 Å². The van der Waals surface area contributed by atoms with Crippen molar-refractivity contribution in [3.63, 3.8) is 0 Å². The fourth-order valence-corrected chi connectivity index (χ4v) is 1.97. The summed E-state index contributed by atoms with van der Waals surface area (Å²) < 4.78 is 21.9. The predicted molar refractivity (Wildman–Crippen MR) is 62.7 cm³/mol. The average molecular weight is 237 g/mol. The van der Waals surface area contributed by atoms with Crippen molar-refractivity contribution in [2.45, 2.75) is 45.3 Å². The standard InChI is InChI=1S/C10H23NO3S/c1-9(2)11-7-5-10(3,12)6-8-15(4,13)14/h9,11-12H,5-8H2,1-4H3. The summed E-state index contributed by atoms with van der Waals surface area (Å²) in [6.07, 6.45) is 2.06. The maximum atomic E-state index is 10.9. The summed E-state index contributed by atoms with van der Waals surface area (Å²) in [5, 5.41) is 13.1. The highest BCUT2D eigenvalue weighted by Gasteiger charge is 2.21. The van der Waals surface area contributed by atoms with Crippen molar-refractivity contribution in [1.82, 2.24) is 5.32 Å². The van der Waals surface area contributed by atoms with Crippen molar-refractivity contribution in [1.29, 1.82) is 0 Å². The first-order valence-corrected chi connectivity index (χ1v) is 7.32. The molecule has 1 unspecified atom stereocenters. The Bertz CT molecular complexity index is 270. The summed E-state index contributed by atoms with van der Waals surface area (Å²) in [4.78, 5) is 0. The van der Waals surface area contributed by atoms with E-state index in [4.69, 9.17) is 0 Å². The number of sulfone groups is 1. The minimum Gasteiger partial charge on any atom is -0.390 e. The molecule has 0 rings (SSSR count). The first-order valence-electron chi connectivity index (χ1n) is 5.26. The highest BCUT2D eigenvalue weighted by Crippen LogP contribution is 2.14. The van der Waals surface area contributed by atoms with Crippen LogP contribution in [0.1, 0.15) is 33.6 Å². The molecule has 2 N–H and O–H groups in total. The first-order chi connectivity index (χ1) is 6.62. The first kappa shape index (κ1) is 14.9. The predicted octanol–water partition coefficient (Wildman–Crippen LogP) is 0.560. The molecule has 0 aliphatic carbocycles. The van der Waals surface area contributed by atoms with Gasteiger partial charge in [-0.2, -0.15) is 0 Å². The van der Waals surface area contributed by atoms with Gasteiger partial charge in [-0.05, 0) is 26.3 Å². The minimum absolute atomic E-state index is 0.0433. The quantitative estimate of drug-likeness (QED) is 0.679. The maximum Gasteiger partial charge on any atom is 0.147 e. The van der Waals surface area contributed by atoms with Gasteiger partial charge in [-0.25, -0.2) is 8.42 Å². The fourth-order valence-electron chi connectivity index (χ4n) is 1.16. The number of nitrogens with one attached hydrogen (secondary N) is 1. The zero-order valence-corrected chi connectivity index (χ0v) is 10.9. The molecule has 1 atom stereocenters. The molecule has 0 aromatic rings. The van der Waals surface area contributed by atoms with Crippen LogP contribution in [-0.2, 0) is 9.84 Å². The van der Waals surface area contributed by atoms with Crippen LogP contribution in [0.2, 0.25) is 0 Å². The molecule has 0 aliphatic heterocycles. The van der Waals surface area contributed by atoms with Gasteiger partial charge in [-0.15, -0.1) is 0 Å². The van der Waals surface area contributed by atoms with E-state index in [0.29, 0.717) is 25.4 Å². The van der Waals surface area contributed by atoms with Crippen LogP contribution in [0.5, 0.6) is 0 Å². The van der Waals surface area contributed by atoms with Crippen molar-refractivity contribution >= 4 is 9.84 Å². The van der Waals surface area contributed by atoms with Crippen molar-refractivity contribution < 1.29 is 13.5 Å². The van der Waals surface area contributed by atoms with Crippen LogP contribution >= 0.6 is 0 Å². The summed E-state index contributed by atoms with van der Waals surface area (Å²) in [5.41, 5.74) is -0.898. The molecule has 4 nitrogen and oxygen atoms in total. The lowest BCUT2D eigenvalue weighted by atomic mass is 9.99. The van der Waals surface area contributed by atoms with Gasteiger partial charge >= 0.3 is 0 Å². The van der Waals surface area contributed by atoms with Gasteiger partial charge in [0.1, 0.15) is 9.84 Å². The second-order valence-corrected chi connectivity index (χ2v) is 7.00. The molecular weight excluding hydrogens is 214 g/mol. The molecule has 0 amide bonds. The summed E-state index contributed by atoms with van der Waals surface area (Å²) in [5.74, 6) is 0.0433. The molecule has 0 spiro atoms. The van der Waals surface area contributed by atoms with Crippen LogP contribution in [0.4, 0.5) is 0 Å². The zero-order chi connectivity index (χ0) is 12.1. The molecule has 5 heteroatoms. The van der Waals surface area contributed by atoms with Gasteiger partial charge in [-0.1, -0.05) is 13.8 Å². The molecular formula is C10H23NO3S. The van der Waals surface area contributed by atoms with E-state index in [1.165, 1.54) is 6.26 Å². The van der Waals surface area contributed by atoms with Crippen LogP contribution in [0.25, 0.3) is 0 Å². The Hall–Kier alpha value is -0.130. The Morgan fingerprint density at radius 3 is 2.27 bits per heavy atom. The van der Waals surface area contributed by atoms with E-state index < -0.39 is 15.4 Å². The smallest absolute Gasteiger partial charge is 0.147 e. The van der Waals surface area contributed by atoms with Crippen LogP contribution in [0.3, 0.4) is 0 Å². The Morgan fingerprint density at radius 1 is 1.33 bits per heavy atom. The summed E-state index contributed by atoms with van der Waals surface area (Å²) >= 11 is 0. The number of hydrogen-bond donors (Lipinski definition) is 2. The molecule has 0 radical (unpaired) electrons. The molecule has 15 heavy (non-hydrogen) atoms.